The predicted octanol–water partition coefficient (Wildman–Crippen LogP) is 5.09. The topological polar surface area (TPSA) is 50.8 Å². The van der Waals surface area contributed by atoms with Gasteiger partial charge in [-0.25, -0.2) is 0 Å². The minimum absolute atomic E-state index is 0.0826. The van der Waals surface area contributed by atoms with E-state index in [-0.39, 0.29) is 18.5 Å². The molecule has 5 nitrogen and oxygen atoms in total. The van der Waals surface area contributed by atoms with Gasteiger partial charge >= 0.3 is 0 Å². The van der Waals surface area contributed by atoms with Crippen LogP contribution in [-0.2, 0) is 4.79 Å². The summed E-state index contributed by atoms with van der Waals surface area (Å²) in [6.07, 6.45) is 1.95. The molecule has 1 aliphatic rings. The third-order valence-electron chi connectivity index (χ3n) is 5.05. The second-order valence-electron chi connectivity index (χ2n) is 6.84. The average Bonchev–Trinajstić information content (AvgIpc) is 3.15. The van der Waals surface area contributed by atoms with E-state index in [0.29, 0.717) is 15.7 Å². The number of carbonyl (C=O) groups excluding carboxylic acids is 1. The summed E-state index contributed by atoms with van der Waals surface area (Å²) in [5.41, 5.74) is 2.35. The van der Waals surface area contributed by atoms with Crippen molar-refractivity contribution in [2.45, 2.75) is 25.8 Å². The highest BCUT2D eigenvalue weighted by Crippen LogP contribution is 2.39. The van der Waals surface area contributed by atoms with Gasteiger partial charge in [0.15, 0.2) is 0 Å². The van der Waals surface area contributed by atoms with Crippen LogP contribution in [0.4, 0.5) is 5.69 Å². The van der Waals surface area contributed by atoms with Gasteiger partial charge in [0.25, 0.3) is 0 Å². The lowest BCUT2D eigenvalue weighted by atomic mass is 10.0. The summed E-state index contributed by atoms with van der Waals surface area (Å²) >= 11 is 12.5. The standard InChI is InChI=1S/C21H24Cl2N2O3/c1-13-6-8-16(22)21(20(13)23)24-19(26)12-25-10-4-5-17(25)15-11-14(27-2)7-9-18(15)28-3/h6-9,11,17H,4-5,10,12H2,1-3H3,(H,24,26)/t17-/m1/s1. The number of hydrogen-bond donors (Lipinski definition) is 1. The highest BCUT2D eigenvalue weighted by Gasteiger charge is 2.30. The maximum absolute atomic E-state index is 12.7. The quantitative estimate of drug-likeness (QED) is 0.703. The van der Waals surface area contributed by atoms with Crippen LogP contribution in [0.5, 0.6) is 11.5 Å². The normalized spacial score (nSPS) is 16.8. The number of anilines is 1. The zero-order chi connectivity index (χ0) is 20.3. The predicted molar refractivity (Wildman–Crippen MR) is 113 cm³/mol. The fourth-order valence-electron chi connectivity index (χ4n) is 3.60. The van der Waals surface area contributed by atoms with Gasteiger partial charge in [0, 0.05) is 11.6 Å². The second-order valence-corrected chi connectivity index (χ2v) is 7.62. The van der Waals surface area contributed by atoms with Crippen molar-refractivity contribution in [3.05, 3.63) is 51.5 Å². The van der Waals surface area contributed by atoms with Crippen LogP contribution in [-0.4, -0.2) is 38.1 Å². The first-order valence-electron chi connectivity index (χ1n) is 9.15. The van der Waals surface area contributed by atoms with Crippen LogP contribution in [0.15, 0.2) is 30.3 Å². The van der Waals surface area contributed by atoms with E-state index in [9.17, 15) is 4.79 Å². The van der Waals surface area contributed by atoms with Crippen LogP contribution in [0.25, 0.3) is 0 Å². The first-order valence-corrected chi connectivity index (χ1v) is 9.90. The molecule has 1 aliphatic heterocycles. The number of benzene rings is 2. The van der Waals surface area contributed by atoms with E-state index in [0.717, 1.165) is 42.0 Å². The molecule has 0 saturated carbocycles. The lowest BCUT2D eigenvalue weighted by molar-refractivity contribution is -0.117. The summed E-state index contributed by atoms with van der Waals surface area (Å²) in [5, 5.41) is 3.76. The van der Waals surface area contributed by atoms with Crippen molar-refractivity contribution in [2.75, 3.05) is 32.6 Å². The van der Waals surface area contributed by atoms with Gasteiger partial charge in [-0.05, 0) is 56.1 Å². The third kappa shape index (κ3) is 4.37. The molecule has 1 atom stereocenters. The Morgan fingerprint density at radius 1 is 1.21 bits per heavy atom. The van der Waals surface area contributed by atoms with Crippen molar-refractivity contribution in [3.63, 3.8) is 0 Å². The van der Waals surface area contributed by atoms with Gasteiger partial charge < -0.3 is 14.8 Å². The van der Waals surface area contributed by atoms with E-state index >= 15 is 0 Å². The van der Waals surface area contributed by atoms with Crippen LogP contribution in [0.3, 0.4) is 0 Å². The number of aryl methyl sites for hydroxylation is 1. The van der Waals surface area contributed by atoms with Crippen molar-refractivity contribution in [1.29, 1.82) is 0 Å². The minimum Gasteiger partial charge on any atom is -0.497 e. The number of rotatable bonds is 6. The van der Waals surface area contributed by atoms with Crippen molar-refractivity contribution in [2.24, 2.45) is 0 Å². The van der Waals surface area contributed by atoms with Crippen molar-refractivity contribution in [3.8, 4) is 11.5 Å². The SMILES string of the molecule is COc1ccc(OC)c([C@H]2CCCN2CC(=O)Nc2c(Cl)ccc(C)c2Cl)c1. The number of likely N-dealkylation sites (tertiary alicyclic amines) is 1. The number of carbonyl (C=O) groups is 1. The fourth-order valence-corrected chi connectivity index (χ4v) is 4.07. The molecule has 3 rings (SSSR count). The summed E-state index contributed by atoms with van der Waals surface area (Å²) in [7, 11) is 3.29. The Morgan fingerprint density at radius 2 is 2.00 bits per heavy atom. The molecule has 0 aromatic heterocycles. The molecule has 0 aliphatic carbocycles. The van der Waals surface area contributed by atoms with Crippen LogP contribution in [0.2, 0.25) is 10.0 Å². The van der Waals surface area contributed by atoms with Gasteiger partial charge in [0.1, 0.15) is 11.5 Å². The Morgan fingerprint density at radius 3 is 2.71 bits per heavy atom. The highest BCUT2D eigenvalue weighted by atomic mass is 35.5. The first-order chi connectivity index (χ1) is 13.4. The number of ether oxygens (including phenoxy) is 2. The largest absolute Gasteiger partial charge is 0.497 e. The number of amides is 1. The van der Waals surface area contributed by atoms with Crippen LogP contribution in [0, 0.1) is 6.92 Å². The van der Waals surface area contributed by atoms with E-state index < -0.39 is 0 Å². The molecule has 1 heterocycles. The molecule has 1 amide bonds. The molecule has 7 heteroatoms. The smallest absolute Gasteiger partial charge is 0.238 e. The molecule has 2 aromatic rings. The molecule has 150 valence electrons. The molecular formula is C21H24Cl2N2O3. The summed E-state index contributed by atoms with van der Waals surface area (Å²) in [5.74, 6) is 1.41. The summed E-state index contributed by atoms with van der Waals surface area (Å²) in [6.45, 7) is 2.94. The van der Waals surface area contributed by atoms with Gasteiger partial charge in [-0.15, -0.1) is 0 Å². The monoisotopic (exact) mass is 422 g/mol. The summed E-state index contributed by atoms with van der Waals surface area (Å²) < 4.78 is 10.9. The van der Waals surface area contributed by atoms with Gasteiger partial charge in [0.05, 0.1) is 36.5 Å². The van der Waals surface area contributed by atoms with Gasteiger partial charge in [-0.3, -0.25) is 9.69 Å². The number of hydrogen-bond acceptors (Lipinski definition) is 4. The molecule has 0 radical (unpaired) electrons. The van der Waals surface area contributed by atoms with Crippen molar-refractivity contribution in [1.82, 2.24) is 4.90 Å². The average molecular weight is 423 g/mol. The molecule has 0 unspecified atom stereocenters. The molecular weight excluding hydrogens is 399 g/mol. The van der Waals surface area contributed by atoms with E-state index in [1.54, 1.807) is 20.3 Å². The number of halogens is 2. The first kappa shape index (κ1) is 20.8. The van der Waals surface area contributed by atoms with E-state index in [2.05, 4.69) is 10.2 Å². The Balaban J connectivity index is 1.78. The zero-order valence-electron chi connectivity index (χ0n) is 16.2. The Kier molecular flexibility index (Phi) is 6.70. The Labute approximate surface area is 175 Å². The third-order valence-corrected chi connectivity index (χ3v) is 5.86. The molecule has 2 aromatic carbocycles. The fraction of sp³-hybridized carbons (Fsp3) is 0.381. The lowest BCUT2D eigenvalue weighted by Gasteiger charge is -2.26. The van der Waals surface area contributed by atoms with E-state index in [1.807, 2.05) is 31.2 Å². The molecule has 1 fully saturated rings. The molecule has 28 heavy (non-hydrogen) atoms. The maximum atomic E-state index is 12.7. The molecule has 0 bridgehead atoms. The van der Waals surface area contributed by atoms with E-state index in [4.69, 9.17) is 32.7 Å². The van der Waals surface area contributed by atoms with Gasteiger partial charge in [0.2, 0.25) is 5.91 Å². The summed E-state index contributed by atoms with van der Waals surface area (Å²) in [6, 6.07) is 9.39. The minimum atomic E-state index is -0.150. The van der Waals surface area contributed by atoms with Crippen molar-refractivity contribution >= 4 is 34.8 Å². The maximum Gasteiger partial charge on any atom is 0.238 e. The van der Waals surface area contributed by atoms with Crippen LogP contribution < -0.4 is 14.8 Å². The van der Waals surface area contributed by atoms with E-state index in [1.165, 1.54) is 0 Å². The Hall–Kier alpha value is -1.95. The number of methoxy groups -OCH3 is 2. The molecule has 1 saturated heterocycles. The van der Waals surface area contributed by atoms with Crippen LogP contribution in [0.1, 0.15) is 30.0 Å². The zero-order valence-corrected chi connectivity index (χ0v) is 17.7. The number of nitrogens with zero attached hydrogens (tertiary/aromatic N) is 1. The molecule has 1 N–H and O–H groups in total. The summed E-state index contributed by atoms with van der Waals surface area (Å²) in [4.78, 5) is 14.9. The second kappa shape index (κ2) is 9.03. The van der Waals surface area contributed by atoms with Crippen molar-refractivity contribution < 1.29 is 14.3 Å². The van der Waals surface area contributed by atoms with Gasteiger partial charge in [-0.1, -0.05) is 29.3 Å². The lowest BCUT2D eigenvalue weighted by Crippen LogP contribution is -2.33. The Bertz CT molecular complexity index is 873. The number of nitrogens with one attached hydrogen (secondary N) is 1. The van der Waals surface area contributed by atoms with Crippen LogP contribution >= 0.6 is 23.2 Å². The van der Waals surface area contributed by atoms with Gasteiger partial charge in [-0.2, -0.15) is 0 Å². The molecule has 0 spiro atoms. The highest BCUT2D eigenvalue weighted by molar-refractivity contribution is 6.40.